The molecule has 0 atom stereocenters. The van der Waals surface area contributed by atoms with Crippen molar-refractivity contribution in [3.05, 3.63) is 22.7 Å². The lowest BCUT2D eigenvalue weighted by molar-refractivity contribution is -0.107. The highest BCUT2D eigenvalue weighted by molar-refractivity contribution is 6.32. The van der Waals surface area contributed by atoms with Crippen molar-refractivity contribution in [3.63, 3.8) is 0 Å². The lowest BCUT2D eigenvalue weighted by Gasteiger charge is -2.06. The predicted octanol–water partition coefficient (Wildman–Crippen LogP) is 1.80. The molecule has 1 rings (SSSR count). The monoisotopic (exact) mass is 200 g/mol. The van der Waals surface area contributed by atoms with E-state index in [0.717, 1.165) is 0 Å². The molecule has 0 amide bonds. The van der Waals surface area contributed by atoms with Gasteiger partial charge in [-0.15, -0.1) is 0 Å². The molecule has 1 N–H and O–H groups in total. The van der Waals surface area contributed by atoms with Crippen LogP contribution < -0.4 is 4.74 Å². The van der Waals surface area contributed by atoms with Crippen LogP contribution in [0.2, 0.25) is 5.02 Å². The average Bonchev–Trinajstić information content (AvgIpc) is 2.13. The van der Waals surface area contributed by atoms with Crippen molar-refractivity contribution >= 4 is 17.9 Å². The number of carbonyl (C=O) groups is 1. The van der Waals surface area contributed by atoms with Crippen LogP contribution in [-0.2, 0) is 11.2 Å². The number of hydrogen-bond donors (Lipinski definition) is 1. The van der Waals surface area contributed by atoms with Gasteiger partial charge in [-0.3, -0.25) is 0 Å². The fourth-order valence-corrected chi connectivity index (χ4v) is 1.22. The molecule has 0 heterocycles. The van der Waals surface area contributed by atoms with Crippen molar-refractivity contribution in [1.29, 1.82) is 0 Å². The van der Waals surface area contributed by atoms with Gasteiger partial charge in [0, 0.05) is 18.1 Å². The summed E-state index contributed by atoms with van der Waals surface area (Å²) in [6.07, 6.45) is 0.827. The molecule has 70 valence electrons. The first-order chi connectivity index (χ1) is 6.19. The van der Waals surface area contributed by atoms with Crippen molar-refractivity contribution in [3.8, 4) is 11.5 Å². The molecule has 13 heavy (non-hydrogen) atoms. The Labute approximate surface area is 80.9 Å². The Morgan fingerprint density at radius 2 is 2.31 bits per heavy atom. The van der Waals surface area contributed by atoms with E-state index in [0.29, 0.717) is 17.6 Å². The van der Waals surface area contributed by atoms with Gasteiger partial charge in [-0.25, -0.2) is 0 Å². The minimum absolute atomic E-state index is 0.0606. The molecule has 0 saturated carbocycles. The van der Waals surface area contributed by atoms with Crippen LogP contribution in [-0.4, -0.2) is 18.5 Å². The van der Waals surface area contributed by atoms with E-state index in [9.17, 15) is 9.90 Å². The van der Waals surface area contributed by atoms with Crippen molar-refractivity contribution in [2.24, 2.45) is 0 Å². The number of carbonyl (C=O) groups excluding carboxylic acids is 1. The van der Waals surface area contributed by atoms with E-state index in [4.69, 9.17) is 16.3 Å². The van der Waals surface area contributed by atoms with Crippen molar-refractivity contribution in [1.82, 2.24) is 0 Å². The molecular formula is C9H9ClO3. The first kappa shape index (κ1) is 9.86. The van der Waals surface area contributed by atoms with Gasteiger partial charge in [0.05, 0.1) is 12.1 Å². The number of aldehydes is 1. The van der Waals surface area contributed by atoms with E-state index in [-0.39, 0.29) is 17.2 Å². The van der Waals surface area contributed by atoms with E-state index in [1.54, 1.807) is 6.07 Å². The third-order valence-corrected chi connectivity index (χ3v) is 1.94. The second-order valence-electron chi connectivity index (χ2n) is 2.49. The number of benzene rings is 1. The van der Waals surface area contributed by atoms with Gasteiger partial charge in [0.15, 0.2) is 0 Å². The van der Waals surface area contributed by atoms with Gasteiger partial charge in [0.1, 0.15) is 17.8 Å². The molecule has 0 fully saturated rings. The number of halogens is 1. The molecule has 0 aromatic heterocycles. The highest BCUT2D eigenvalue weighted by atomic mass is 35.5. The Morgan fingerprint density at radius 3 is 2.85 bits per heavy atom. The third kappa shape index (κ3) is 2.12. The highest BCUT2D eigenvalue weighted by Gasteiger charge is 2.07. The fraction of sp³-hybridized carbons (Fsp3) is 0.222. The van der Waals surface area contributed by atoms with Gasteiger partial charge in [0.25, 0.3) is 0 Å². The molecule has 0 aliphatic carbocycles. The second kappa shape index (κ2) is 4.14. The fourth-order valence-electron chi connectivity index (χ4n) is 0.992. The summed E-state index contributed by atoms with van der Waals surface area (Å²) in [5.74, 6) is 0.467. The topological polar surface area (TPSA) is 46.5 Å². The van der Waals surface area contributed by atoms with E-state index in [1.165, 1.54) is 13.2 Å². The Hall–Kier alpha value is -1.22. The summed E-state index contributed by atoms with van der Waals surface area (Å²) in [6, 6.07) is 3.07. The summed E-state index contributed by atoms with van der Waals surface area (Å²) in [5.41, 5.74) is 0.472. The zero-order valence-electron chi connectivity index (χ0n) is 7.08. The van der Waals surface area contributed by atoms with E-state index < -0.39 is 0 Å². The minimum atomic E-state index is -0.0606. The van der Waals surface area contributed by atoms with Crippen LogP contribution in [0.4, 0.5) is 0 Å². The number of methoxy groups -OCH3 is 1. The van der Waals surface area contributed by atoms with Crippen molar-refractivity contribution in [2.45, 2.75) is 6.42 Å². The molecule has 0 saturated heterocycles. The third-order valence-electron chi connectivity index (χ3n) is 1.65. The molecule has 0 unspecified atom stereocenters. The Morgan fingerprint density at radius 1 is 1.62 bits per heavy atom. The SMILES string of the molecule is COc1cc(Cl)c(O)c(CC=O)c1. The van der Waals surface area contributed by atoms with Crippen LogP contribution >= 0.6 is 11.6 Å². The summed E-state index contributed by atoms with van der Waals surface area (Å²) < 4.78 is 4.93. The van der Waals surface area contributed by atoms with Gasteiger partial charge < -0.3 is 14.6 Å². The standard InChI is InChI=1S/C9H9ClO3/c1-13-7-4-6(2-3-11)9(12)8(10)5-7/h3-5,12H,2H2,1H3. The van der Waals surface area contributed by atoms with Gasteiger partial charge in [-0.2, -0.15) is 0 Å². The predicted molar refractivity (Wildman–Crippen MR) is 49.4 cm³/mol. The normalized spacial score (nSPS) is 9.69. The maximum atomic E-state index is 10.2. The maximum absolute atomic E-state index is 10.2. The van der Waals surface area contributed by atoms with E-state index in [2.05, 4.69) is 0 Å². The number of phenols is 1. The van der Waals surface area contributed by atoms with Crippen molar-refractivity contribution < 1.29 is 14.6 Å². The smallest absolute Gasteiger partial charge is 0.138 e. The van der Waals surface area contributed by atoms with Crippen LogP contribution in [0, 0.1) is 0 Å². The number of aromatic hydroxyl groups is 1. The minimum Gasteiger partial charge on any atom is -0.506 e. The van der Waals surface area contributed by atoms with Gasteiger partial charge >= 0.3 is 0 Å². The van der Waals surface area contributed by atoms with Crippen molar-refractivity contribution in [2.75, 3.05) is 7.11 Å². The Kier molecular flexibility index (Phi) is 3.14. The lowest BCUT2D eigenvalue weighted by Crippen LogP contribution is -1.90. The zero-order chi connectivity index (χ0) is 9.84. The quantitative estimate of drug-likeness (QED) is 0.757. The van der Waals surface area contributed by atoms with Crippen LogP contribution in [0.3, 0.4) is 0 Å². The lowest BCUT2D eigenvalue weighted by atomic mass is 10.1. The summed E-state index contributed by atoms with van der Waals surface area (Å²) in [5, 5.41) is 9.59. The molecular weight excluding hydrogens is 192 g/mol. The van der Waals surface area contributed by atoms with E-state index in [1.807, 2.05) is 0 Å². The molecule has 0 radical (unpaired) electrons. The summed E-state index contributed by atoms with van der Waals surface area (Å²) >= 11 is 5.69. The van der Waals surface area contributed by atoms with Gasteiger partial charge in [-0.1, -0.05) is 11.6 Å². The largest absolute Gasteiger partial charge is 0.506 e. The number of hydrogen-bond acceptors (Lipinski definition) is 3. The highest BCUT2D eigenvalue weighted by Crippen LogP contribution is 2.32. The first-order valence-electron chi connectivity index (χ1n) is 3.68. The molecule has 3 nitrogen and oxygen atoms in total. The number of rotatable bonds is 3. The van der Waals surface area contributed by atoms with Crippen LogP contribution in [0.25, 0.3) is 0 Å². The van der Waals surface area contributed by atoms with Crippen LogP contribution in [0.15, 0.2) is 12.1 Å². The summed E-state index contributed by atoms with van der Waals surface area (Å²) in [7, 11) is 1.49. The first-order valence-corrected chi connectivity index (χ1v) is 4.06. The molecule has 0 bridgehead atoms. The Bertz CT molecular complexity index is 323. The van der Waals surface area contributed by atoms with Crippen LogP contribution in [0.1, 0.15) is 5.56 Å². The number of phenolic OH excluding ortho intramolecular Hbond substituents is 1. The molecule has 4 heteroatoms. The maximum Gasteiger partial charge on any atom is 0.138 e. The summed E-state index contributed by atoms with van der Waals surface area (Å²) in [6.45, 7) is 0. The number of ether oxygens (including phenoxy) is 1. The van der Waals surface area contributed by atoms with E-state index >= 15 is 0 Å². The second-order valence-corrected chi connectivity index (χ2v) is 2.89. The van der Waals surface area contributed by atoms with Gasteiger partial charge in [0.2, 0.25) is 0 Å². The Balaban J connectivity index is 3.15. The molecule has 1 aromatic rings. The molecule has 0 aliphatic rings. The molecule has 0 aliphatic heterocycles. The zero-order valence-corrected chi connectivity index (χ0v) is 7.84. The van der Waals surface area contributed by atoms with Gasteiger partial charge in [-0.05, 0) is 6.07 Å². The molecule has 0 spiro atoms. The van der Waals surface area contributed by atoms with Crippen LogP contribution in [0.5, 0.6) is 11.5 Å². The summed E-state index contributed by atoms with van der Waals surface area (Å²) in [4.78, 5) is 10.2. The molecule has 1 aromatic carbocycles. The average molecular weight is 201 g/mol.